The molecule has 34 heavy (non-hydrogen) atoms. The van der Waals surface area contributed by atoms with Gasteiger partial charge in [-0.2, -0.15) is 0 Å². The van der Waals surface area contributed by atoms with Gasteiger partial charge in [0.15, 0.2) is 0 Å². The lowest BCUT2D eigenvalue weighted by Gasteiger charge is -2.32. The molecule has 0 spiro atoms. The fourth-order valence-corrected chi connectivity index (χ4v) is 4.53. The number of likely N-dealkylation sites (N-methyl/N-ethyl adjacent to an activating group) is 1. The SMILES string of the molecule is C#CCOC(C)[C@H](NC(=O)[C@H](C)NC)C(=O)N1CCC[C@H]1Cn1nnnc1Sc1ccccc1. The van der Waals surface area contributed by atoms with Crippen molar-refractivity contribution in [3.8, 4) is 12.3 Å². The van der Waals surface area contributed by atoms with Crippen molar-refractivity contribution in [1.29, 1.82) is 0 Å². The lowest BCUT2D eigenvalue weighted by molar-refractivity contribution is -0.141. The Morgan fingerprint density at radius 1 is 1.32 bits per heavy atom. The second kappa shape index (κ2) is 12.5. The summed E-state index contributed by atoms with van der Waals surface area (Å²) in [4.78, 5) is 29.0. The van der Waals surface area contributed by atoms with Crippen molar-refractivity contribution in [3.63, 3.8) is 0 Å². The molecule has 2 N–H and O–H groups in total. The van der Waals surface area contributed by atoms with Crippen LogP contribution in [0.1, 0.15) is 26.7 Å². The third kappa shape index (κ3) is 6.56. The van der Waals surface area contributed by atoms with Crippen LogP contribution in [-0.4, -0.2) is 81.4 Å². The van der Waals surface area contributed by atoms with E-state index in [9.17, 15) is 9.59 Å². The number of hydrogen-bond donors (Lipinski definition) is 2. The van der Waals surface area contributed by atoms with Crippen molar-refractivity contribution in [1.82, 2.24) is 35.7 Å². The minimum absolute atomic E-state index is 0.0521. The Bertz CT molecular complexity index is 994. The van der Waals surface area contributed by atoms with Crippen LogP contribution in [0, 0.1) is 12.3 Å². The van der Waals surface area contributed by atoms with Crippen molar-refractivity contribution in [2.24, 2.45) is 0 Å². The zero-order valence-corrected chi connectivity index (χ0v) is 20.5. The van der Waals surface area contributed by atoms with Crippen LogP contribution in [0.4, 0.5) is 0 Å². The predicted octanol–water partition coefficient (Wildman–Crippen LogP) is 0.946. The second-order valence-corrected chi connectivity index (χ2v) is 9.14. The maximum absolute atomic E-state index is 13.6. The molecule has 11 heteroatoms. The van der Waals surface area contributed by atoms with E-state index in [2.05, 4.69) is 32.1 Å². The molecule has 1 fully saturated rings. The number of aromatic nitrogens is 4. The van der Waals surface area contributed by atoms with E-state index in [0.29, 0.717) is 18.2 Å². The third-order valence-electron chi connectivity index (χ3n) is 5.78. The normalized spacial score (nSPS) is 18.2. The highest BCUT2D eigenvalue weighted by Crippen LogP contribution is 2.27. The third-order valence-corrected chi connectivity index (χ3v) is 6.77. The molecule has 1 unspecified atom stereocenters. The van der Waals surface area contributed by atoms with Gasteiger partial charge in [0.1, 0.15) is 12.6 Å². The summed E-state index contributed by atoms with van der Waals surface area (Å²) in [7, 11) is 1.69. The van der Waals surface area contributed by atoms with Gasteiger partial charge in [-0.05, 0) is 68.1 Å². The molecule has 2 heterocycles. The number of carbonyl (C=O) groups excluding carboxylic acids is 2. The first-order valence-corrected chi connectivity index (χ1v) is 12.1. The Morgan fingerprint density at radius 3 is 2.79 bits per heavy atom. The Balaban J connectivity index is 1.74. The molecule has 1 saturated heterocycles. The molecule has 1 aliphatic heterocycles. The van der Waals surface area contributed by atoms with Crippen LogP contribution in [0.15, 0.2) is 40.4 Å². The summed E-state index contributed by atoms with van der Waals surface area (Å²) in [6.07, 6.45) is 6.40. The number of nitrogens with zero attached hydrogens (tertiary/aromatic N) is 5. The van der Waals surface area contributed by atoms with Crippen molar-refractivity contribution < 1.29 is 14.3 Å². The molecule has 2 amide bonds. The molecule has 0 bridgehead atoms. The maximum Gasteiger partial charge on any atom is 0.248 e. The smallest absolute Gasteiger partial charge is 0.248 e. The first-order chi connectivity index (χ1) is 16.4. The van der Waals surface area contributed by atoms with Crippen LogP contribution in [0.3, 0.4) is 0 Å². The van der Waals surface area contributed by atoms with Crippen LogP contribution >= 0.6 is 11.8 Å². The monoisotopic (exact) mass is 485 g/mol. The number of amides is 2. The first kappa shape index (κ1) is 25.7. The van der Waals surface area contributed by atoms with Crippen molar-refractivity contribution >= 4 is 23.6 Å². The van der Waals surface area contributed by atoms with Gasteiger partial charge in [-0.1, -0.05) is 24.1 Å². The Kier molecular flexibility index (Phi) is 9.44. The van der Waals surface area contributed by atoms with Gasteiger partial charge >= 0.3 is 0 Å². The zero-order valence-electron chi connectivity index (χ0n) is 19.7. The van der Waals surface area contributed by atoms with E-state index in [1.807, 2.05) is 30.3 Å². The highest BCUT2D eigenvalue weighted by molar-refractivity contribution is 7.99. The van der Waals surface area contributed by atoms with E-state index in [0.717, 1.165) is 17.7 Å². The number of likely N-dealkylation sites (tertiary alicyclic amines) is 1. The minimum Gasteiger partial charge on any atom is -0.363 e. The molecule has 1 aromatic carbocycles. The van der Waals surface area contributed by atoms with Crippen LogP contribution in [0.25, 0.3) is 0 Å². The van der Waals surface area contributed by atoms with E-state index < -0.39 is 18.2 Å². The molecular weight excluding hydrogens is 454 g/mol. The number of carbonyl (C=O) groups is 2. The molecule has 10 nitrogen and oxygen atoms in total. The maximum atomic E-state index is 13.6. The van der Waals surface area contributed by atoms with E-state index >= 15 is 0 Å². The lowest BCUT2D eigenvalue weighted by Crippen LogP contribution is -2.58. The zero-order chi connectivity index (χ0) is 24.5. The number of benzene rings is 1. The van der Waals surface area contributed by atoms with E-state index in [-0.39, 0.29) is 24.5 Å². The summed E-state index contributed by atoms with van der Waals surface area (Å²) in [6.45, 7) is 4.57. The molecule has 3 rings (SSSR count). The molecule has 182 valence electrons. The van der Waals surface area contributed by atoms with Gasteiger partial charge in [0, 0.05) is 11.4 Å². The summed E-state index contributed by atoms with van der Waals surface area (Å²) in [6, 6.07) is 8.44. The van der Waals surface area contributed by atoms with E-state index in [1.165, 1.54) is 11.8 Å². The standard InChI is InChI=1S/C23H31N7O3S/c1-5-14-33-17(3)20(25-21(31)16(2)24-4)22(32)29-13-9-10-18(29)15-30-23(26-27-28-30)34-19-11-7-6-8-12-19/h1,6-8,11-12,16-18,20,24H,9-10,13-15H2,2-4H3,(H,25,31)/t16-,17?,18-,20-/m0/s1. The van der Waals surface area contributed by atoms with Crippen molar-refractivity contribution in [2.45, 2.75) is 67.5 Å². The van der Waals surface area contributed by atoms with Gasteiger partial charge in [0.25, 0.3) is 0 Å². The topological polar surface area (TPSA) is 114 Å². The molecule has 1 aromatic heterocycles. The number of ether oxygens (including phenoxy) is 1. The van der Waals surface area contributed by atoms with E-state index in [1.54, 1.807) is 30.5 Å². The van der Waals surface area contributed by atoms with Crippen molar-refractivity contribution in [2.75, 3.05) is 20.2 Å². The quantitative estimate of drug-likeness (QED) is 0.452. The molecule has 0 radical (unpaired) electrons. The fourth-order valence-electron chi connectivity index (χ4n) is 3.74. The van der Waals surface area contributed by atoms with Crippen LogP contribution in [0.2, 0.25) is 0 Å². The number of rotatable bonds is 11. The molecule has 0 saturated carbocycles. The average molecular weight is 486 g/mol. The van der Waals surface area contributed by atoms with Crippen LogP contribution in [0.5, 0.6) is 0 Å². The molecule has 4 atom stereocenters. The number of terminal acetylenes is 1. The first-order valence-electron chi connectivity index (χ1n) is 11.3. The summed E-state index contributed by atoms with van der Waals surface area (Å²) >= 11 is 1.47. The highest BCUT2D eigenvalue weighted by Gasteiger charge is 2.38. The summed E-state index contributed by atoms with van der Waals surface area (Å²) in [5.41, 5.74) is 0. The van der Waals surface area contributed by atoms with Gasteiger partial charge in [-0.15, -0.1) is 11.5 Å². The van der Waals surface area contributed by atoms with Crippen LogP contribution < -0.4 is 10.6 Å². The predicted molar refractivity (Wildman–Crippen MR) is 128 cm³/mol. The Hall–Kier alpha value is -2.94. The summed E-state index contributed by atoms with van der Waals surface area (Å²) in [5.74, 6) is 1.93. The summed E-state index contributed by atoms with van der Waals surface area (Å²) in [5, 5.41) is 18.5. The minimum atomic E-state index is -0.857. The largest absolute Gasteiger partial charge is 0.363 e. The van der Waals surface area contributed by atoms with Gasteiger partial charge in [0.2, 0.25) is 17.0 Å². The molecule has 0 aliphatic carbocycles. The number of hydrogen-bond acceptors (Lipinski definition) is 8. The van der Waals surface area contributed by atoms with Gasteiger partial charge in [-0.25, -0.2) is 4.68 Å². The molecule has 2 aromatic rings. The van der Waals surface area contributed by atoms with Gasteiger partial charge < -0.3 is 20.3 Å². The number of nitrogens with one attached hydrogen (secondary N) is 2. The Labute approximate surface area is 204 Å². The van der Waals surface area contributed by atoms with E-state index in [4.69, 9.17) is 11.2 Å². The lowest BCUT2D eigenvalue weighted by atomic mass is 10.1. The molecular formula is C23H31N7O3S. The van der Waals surface area contributed by atoms with Crippen LogP contribution in [-0.2, 0) is 20.9 Å². The van der Waals surface area contributed by atoms with Gasteiger partial charge in [-0.3, -0.25) is 9.59 Å². The highest BCUT2D eigenvalue weighted by atomic mass is 32.2. The van der Waals surface area contributed by atoms with Crippen molar-refractivity contribution in [3.05, 3.63) is 30.3 Å². The average Bonchev–Trinajstić information content (AvgIpc) is 3.50. The summed E-state index contributed by atoms with van der Waals surface area (Å²) < 4.78 is 7.34. The number of tetrazole rings is 1. The van der Waals surface area contributed by atoms with Gasteiger partial charge in [0.05, 0.1) is 24.7 Å². The fraction of sp³-hybridized carbons (Fsp3) is 0.522. The second-order valence-electron chi connectivity index (χ2n) is 8.10. The Morgan fingerprint density at radius 2 is 2.09 bits per heavy atom. The molecule has 1 aliphatic rings.